The van der Waals surface area contributed by atoms with E-state index in [2.05, 4.69) is 10.3 Å². The Bertz CT molecular complexity index is 1160. The molecule has 1 aromatic heterocycles. The number of halogens is 3. The number of imide groups is 1. The van der Waals surface area contributed by atoms with Crippen LogP contribution in [0.4, 0.5) is 23.7 Å². The van der Waals surface area contributed by atoms with Crippen LogP contribution < -0.4 is 10.4 Å². The van der Waals surface area contributed by atoms with Gasteiger partial charge in [-0.3, -0.25) is 19.5 Å². The third-order valence-electron chi connectivity index (χ3n) is 6.67. The lowest BCUT2D eigenvalue weighted by Crippen LogP contribution is -2.44. The van der Waals surface area contributed by atoms with Crippen LogP contribution in [-0.2, 0) is 28.7 Å². The molecule has 1 aromatic carbocycles. The molecule has 1 saturated heterocycles. The number of urea groups is 1. The van der Waals surface area contributed by atoms with Crippen LogP contribution in [0.5, 0.6) is 0 Å². The first kappa shape index (κ1) is 29.1. The maximum atomic E-state index is 13.4. The second kappa shape index (κ2) is 11.9. The molecule has 0 unspecified atom stereocenters. The minimum absolute atomic E-state index is 0.0143. The molecule has 1 fully saturated rings. The number of rotatable bonds is 12. The third kappa shape index (κ3) is 6.69. The smallest absolute Gasteiger partial charge is 0.310 e. The van der Waals surface area contributed by atoms with Crippen LogP contribution in [0.25, 0.3) is 0 Å². The van der Waals surface area contributed by atoms with Gasteiger partial charge in [0, 0.05) is 25.7 Å². The topological polar surface area (TPSA) is 121 Å². The molecule has 0 bridgehead atoms. The normalized spacial score (nSPS) is 15.4. The second-order valence-electron chi connectivity index (χ2n) is 9.91. The lowest BCUT2D eigenvalue weighted by molar-refractivity contribution is -0.138. The van der Waals surface area contributed by atoms with Gasteiger partial charge in [0.2, 0.25) is 5.91 Å². The second-order valence-corrected chi connectivity index (χ2v) is 9.91. The number of nitrogens with zero attached hydrogens (tertiary/aromatic N) is 5. The number of hydroxylamine groups is 1. The third-order valence-corrected chi connectivity index (χ3v) is 6.67. The molecule has 13 heteroatoms. The fourth-order valence-corrected chi connectivity index (χ4v) is 4.42. The summed E-state index contributed by atoms with van der Waals surface area (Å²) in [5.74, 6) is -0.978. The maximum absolute atomic E-state index is 13.4. The Hall–Kier alpha value is -3.48. The Labute approximate surface area is 218 Å². The van der Waals surface area contributed by atoms with E-state index in [4.69, 9.17) is 5.21 Å². The van der Waals surface area contributed by atoms with Crippen molar-refractivity contribution in [3.05, 3.63) is 41.2 Å². The van der Waals surface area contributed by atoms with Gasteiger partial charge in [-0.25, -0.2) is 15.2 Å². The van der Waals surface area contributed by atoms with Gasteiger partial charge in [0.25, 0.3) is 5.91 Å². The minimum atomic E-state index is -4.60. The molecular weight excluding hydrogens is 505 g/mol. The van der Waals surface area contributed by atoms with Gasteiger partial charge >= 0.3 is 12.2 Å². The van der Waals surface area contributed by atoms with Gasteiger partial charge in [-0.2, -0.15) is 13.2 Å². The van der Waals surface area contributed by atoms with Crippen LogP contribution in [0, 0.1) is 6.92 Å². The number of aryl methyl sites for hydroxylation is 3. The van der Waals surface area contributed by atoms with Crippen molar-refractivity contribution < 1.29 is 32.8 Å². The van der Waals surface area contributed by atoms with Gasteiger partial charge in [0.1, 0.15) is 5.54 Å². The Balaban J connectivity index is 1.52. The number of unbranched alkanes of at least 4 members (excludes halogenated alkanes) is 3. The number of alkyl halides is 3. The average Bonchev–Trinajstić information content (AvgIpc) is 3.36. The highest BCUT2D eigenvalue weighted by Gasteiger charge is 2.51. The highest BCUT2D eigenvalue weighted by molar-refractivity contribution is 6.23. The molecule has 1 aliphatic heterocycles. The summed E-state index contributed by atoms with van der Waals surface area (Å²) in [5.41, 5.74) is 0.233. The number of amides is 4. The van der Waals surface area contributed by atoms with Gasteiger partial charge < -0.3 is 4.90 Å². The van der Waals surface area contributed by atoms with Crippen molar-refractivity contribution in [1.29, 1.82) is 0 Å². The van der Waals surface area contributed by atoms with Crippen molar-refractivity contribution >= 4 is 23.5 Å². The van der Waals surface area contributed by atoms with Crippen molar-refractivity contribution in [3.63, 3.8) is 0 Å². The fraction of sp³-hybridized carbons (Fsp3) is 0.560. The predicted molar refractivity (Wildman–Crippen MR) is 131 cm³/mol. The van der Waals surface area contributed by atoms with Gasteiger partial charge in [-0.05, 0) is 70.6 Å². The predicted octanol–water partition coefficient (Wildman–Crippen LogP) is 4.24. The zero-order valence-electron chi connectivity index (χ0n) is 21.7. The van der Waals surface area contributed by atoms with Gasteiger partial charge in [0.05, 0.1) is 16.9 Å². The number of aromatic nitrogens is 3. The molecule has 208 valence electrons. The van der Waals surface area contributed by atoms with E-state index in [1.54, 1.807) is 24.0 Å². The first-order valence-electron chi connectivity index (χ1n) is 12.5. The van der Waals surface area contributed by atoms with Gasteiger partial charge in [-0.15, -0.1) is 5.10 Å². The van der Waals surface area contributed by atoms with Crippen molar-refractivity contribution in [3.8, 4) is 0 Å². The molecule has 2 aromatic rings. The Kier molecular flexibility index (Phi) is 9.13. The first-order valence-corrected chi connectivity index (χ1v) is 12.5. The van der Waals surface area contributed by atoms with E-state index >= 15 is 0 Å². The average molecular weight is 539 g/mol. The molecule has 4 amide bonds. The molecule has 3 rings (SSSR count). The number of nitrogens with one attached hydrogen (secondary N) is 1. The largest absolute Gasteiger partial charge is 0.416 e. The number of carbonyl (C=O) groups excluding carboxylic acids is 3. The summed E-state index contributed by atoms with van der Waals surface area (Å²) >= 11 is 0. The summed E-state index contributed by atoms with van der Waals surface area (Å²) in [4.78, 5) is 39.4. The molecule has 0 saturated carbocycles. The number of anilines is 1. The number of benzene rings is 1. The Morgan fingerprint density at radius 2 is 1.79 bits per heavy atom. The highest BCUT2D eigenvalue weighted by Crippen LogP contribution is 2.37. The minimum Gasteiger partial charge on any atom is -0.310 e. The van der Waals surface area contributed by atoms with Crippen molar-refractivity contribution in [2.75, 3.05) is 11.4 Å². The molecule has 0 atom stereocenters. The number of hydrogen-bond acceptors (Lipinski definition) is 6. The summed E-state index contributed by atoms with van der Waals surface area (Å²) in [6, 6.07) is 2.83. The molecule has 0 radical (unpaired) electrons. The zero-order chi connectivity index (χ0) is 28.1. The van der Waals surface area contributed by atoms with E-state index in [0.29, 0.717) is 32.2 Å². The van der Waals surface area contributed by atoms with Crippen molar-refractivity contribution in [2.24, 2.45) is 0 Å². The summed E-state index contributed by atoms with van der Waals surface area (Å²) in [6.07, 6.45) is 1.63. The number of hydrogen-bond donors (Lipinski definition) is 2. The van der Waals surface area contributed by atoms with Crippen LogP contribution >= 0.6 is 0 Å². The van der Waals surface area contributed by atoms with E-state index in [9.17, 15) is 27.6 Å². The lowest BCUT2D eigenvalue weighted by Gasteiger charge is -2.27. The summed E-state index contributed by atoms with van der Waals surface area (Å²) < 4.78 is 41.9. The highest BCUT2D eigenvalue weighted by atomic mass is 19.4. The van der Waals surface area contributed by atoms with Crippen LogP contribution in [-0.4, -0.2) is 55.0 Å². The van der Waals surface area contributed by atoms with E-state index in [1.807, 2.05) is 6.20 Å². The molecule has 2 heterocycles. The quantitative estimate of drug-likeness (QED) is 0.181. The molecule has 0 spiro atoms. The van der Waals surface area contributed by atoms with Crippen LogP contribution in [0.1, 0.15) is 69.2 Å². The van der Waals surface area contributed by atoms with Gasteiger partial charge in [-0.1, -0.05) is 17.7 Å². The van der Waals surface area contributed by atoms with E-state index in [1.165, 1.54) is 24.0 Å². The summed E-state index contributed by atoms with van der Waals surface area (Å²) in [6.45, 7) is 5.43. The summed E-state index contributed by atoms with van der Waals surface area (Å²) in [7, 11) is 0. The summed E-state index contributed by atoms with van der Waals surface area (Å²) in [5, 5.41) is 16.7. The maximum Gasteiger partial charge on any atom is 0.416 e. The Morgan fingerprint density at radius 1 is 1.08 bits per heavy atom. The van der Waals surface area contributed by atoms with E-state index in [0.717, 1.165) is 29.5 Å². The molecular formula is C25H33F3N6O4. The lowest BCUT2D eigenvalue weighted by atomic mass is 10.0. The SMILES string of the molecule is Cc1ccc(N2C(=O)N(CCCCc3cn(CCCCCC(=O)NO)nn3)C(C)(C)C2=O)cc1C(F)(F)F. The van der Waals surface area contributed by atoms with Crippen LogP contribution in [0.15, 0.2) is 24.4 Å². The molecule has 0 aliphatic carbocycles. The van der Waals surface area contributed by atoms with Crippen molar-refractivity contribution in [1.82, 2.24) is 25.4 Å². The molecule has 1 aliphatic rings. The molecule has 2 N–H and O–H groups in total. The monoisotopic (exact) mass is 538 g/mol. The molecule has 38 heavy (non-hydrogen) atoms. The van der Waals surface area contributed by atoms with Crippen LogP contribution in [0.2, 0.25) is 0 Å². The standard InChI is InChI=1S/C25H33F3N6O4/c1-17-11-12-19(15-20(17)25(26,27)28)34-22(36)24(2,3)33(23(34)37)14-8-6-9-18-16-32(31-29-18)13-7-4-5-10-21(35)30-38/h11-12,15-16,38H,4-10,13-14H2,1-3H3,(H,30,35). The fourth-order valence-electron chi connectivity index (χ4n) is 4.42. The van der Waals surface area contributed by atoms with Crippen LogP contribution in [0.3, 0.4) is 0 Å². The Morgan fingerprint density at radius 3 is 2.47 bits per heavy atom. The van der Waals surface area contributed by atoms with E-state index < -0.39 is 35.1 Å². The van der Waals surface area contributed by atoms with Crippen molar-refractivity contribution in [2.45, 2.75) is 84.0 Å². The van der Waals surface area contributed by atoms with E-state index in [-0.39, 0.29) is 24.2 Å². The first-order chi connectivity index (χ1) is 17.9. The zero-order valence-corrected chi connectivity index (χ0v) is 21.7. The van der Waals surface area contributed by atoms with Gasteiger partial charge in [0.15, 0.2) is 0 Å². The number of carbonyl (C=O) groups is 3. The molecule has 10 nitrogen and oxygen atoms in total.